The molecule has 0 aromatic heterocycles. The minimum absolute atomic E-state index is 0.105. The molecule has 1 N–H and O–H groups in total. The van der Waals surface area contributed by atoms with Crippen LogP contribution in [0, 0.1) is 18.3 Å². The Morgan fingerprint density at radius 3 is 2.50 bits per heavy atom. The Hall–Kier alpha value is -1.64. The van der Waals surface area contributed by atoms with Gasteiger partial charge in [0, 0.05) is 6.42 Å². The lowest BCUT2D eigenvalue weighted by Gasteiger charge is -2.43. The average Bonchev–Trinajstić information content (AvgIpc) is 2.72. The van der Waals surface area contributed by atoms with Gasteiger partial charge in [-0.15, -0.1) is 0 Å². The monoisotopic (exact) mass is 271 g/mol. The number of imide groups is 1. The summed E-state index contributed by atoms with van der Waals surface area (Å²) in [6.07, 6.45) is 3.69. The molecular formula is C17H21NO2. The summed E-state index contributed by atoms with van der Waals surface area (Å²) >= 11 is 0. The zero-order valence-corrected chi connectivity index (χ0v) is 12.1. The Morgan fingerprint density at radius 2 is 1.90 bits per heavy atom. The highest BCUT2D eigenvalue weighted by molar-refractivity contribution is 6.02. The molecule has 3 atom stereocenters. The van der Waals surface area contributed by atoms with Gasteiger partial charge in [-0.3, -0.25) is 14.9 Å². The molecule has 1 heterocycles. The minimum Gasteiger partial charge on any atom is -0.296 e. The molecule has 0 bridgehead atoms. The number of rotatable bonds is 1. The van der Waals surface area contributed by atoms with Crippen LogP contribution in [0.15, 0.2) is 24.3 Å². The van der Waals surface area contributed by atoms with Crippen molar-refractivity contribution >= 4 is 11.8 Å². The van der Waals surface area contributed by atoms with E-state index in [1.807, 2.05) is 31.2 Å². The molecule has 1 aliphatic heterocycles. The summed E-state index contributed by atoms with van der Waals surface area (Å²) in [5.41, 5.74) is 2.07. The minimum atomic E-state index is -0.182. The average molecular weight is 271 g/mol. The van der Waals surface area contributed by atoms with Crippen LogP contribution in [0.1, 0.15) is 49.7 Å². The van der Waals surface area contributed by atoms with Gasteiger partial charge in [-0.1, -0.05) is 49.6 Å². The Labute approximate surface area is 119 Å². The van der Waals surface area contributed by atoms with Crippen molar-refractivity contribution in [1.82, 2.24) is 5.32 Å². The van der Waals surface area contributed by atoms with Gasteiger partial charge in [0.25, 0.3) is 0 Å². The number of hydrogen-bond donors (Lipinski definition) is 1. The quantitative estimate of drug-likeness (QED) is 0.798. The maximum absolute atomic E-state index is 12.5. The number of aryl methyl sites for hydroxylation is 1. The van der Waals surface area contributed by atoms with Crippen molar-refractivity contribution in [3.63, 3.8) is 0 Å². The molecule has 1 aliphatic carbocycles. The first-order chi connectivity index (χ1) is 9.53. The maximum Gasteiger partial charge on any atom is 0.234 e. The summed E-state index contributed by atoms with van der Waals surface area (Å²) in [4.78, 5) is 24.3. The highest BCUT2D eigenvalue weighted by Gasteiger charge is 2.53. The molecule has 0 radical (unpaired) electrons. The Morgan fingerprint density at radius 1 is 1.20 bits per heavy atom. The third-order valence-corrected chi connectivity index (χ3v) is 5.26. The number of carbonyl (C=O) groups is 2. The van der Waals surface area contributed by atoms with E-state index in [2.05, 4.69) is 12.2 Å². The molecule has 3 unspecified atom stereocenters. The highest BCUT2D eigenvalue weighted by Crippen LogP contribution is 2.56. The molecular weight excluding hydrogens is 250 g/mol. The number of amides is 2. The summed E-state index contributed by atoms with van der Waals surface area (Å²) in [6, 6.07) is 8.18. The van der Waals surface area contributed by atoms with E-state index in [9.17, 15) is 9.59 Å². The van der Waals surface area contributed by atoms with Crippen molar-refractivity contribution < 1.29 is 9.59 Å². The molecule has 1 spiro atoms. The largest absolute Gasteiger partial charge is 0.296 e. The van der Waals surface area contributed by atoms with Crippen LogP contribution in [0.4, 0.5) is 0 Å². The predicted molar refractivity (Wildman–Crippen MR) is 77.1 cm³/mol. The van der Waals surface area contributed by atoms with Crippen molar-refractivity contribution in [3.8, 4) is 0 Å². The van der Waals surface area contributed by atoms with E-state index in [1.165, 1.54) is 5.56 Å². The number of nitrogens with one attached hydrogen (secondary N) is 1. The predicted octanol–water partition coefficient (Wildman–Crippen LogP) is 2.93. The topological polar surface area (TPSA) is 46.2 Å². The lowest BCUT2D eigenvalue weighted by molar-refractivity contribution is -0.141. The van der Waals surface area contributed by atoms with Crippen LogP contribution in [-0.2, 0) is 9.59 Å². The summed E-state index contributed by atoms with van der Waals surface area (Å²) in [5, 5.41) is 2.54. The first-order valence-corrected chi connectivity index (χ1v) is 7.43. The van der Waals surface area contributed by atoms with Crippen LogP contribution < -0.4 is 5.32 Å². The van der Waals surface area contributed by atoms with E-state index >= 15 is 0 Å². The van der Waals surface area contributed by atoms with Crippen molar-refractivity contribution in [2.24, 2.45) is 11.3 Å². The normalized spacial score (nSPS) is 33.5. The van der Waals surface area contributed by atoms with Gasteiger partial charge in [0.05, 0.1) is 5.92 Å². The van der Waals surface area contributed by atoms with Gasteiger partial charge in [-0.05, 0) is 30.2 Å². The van der Waals surface area contributed by atoms with Crippen molar-refractivity contribution in [3.05, 3.63) is 35.4 Å². The maximum atomic E-state index is 12.5. The van der Waals surface area contributed by atoms with E-state index in [-0.39, 0.29) is 23.1 Å². The van der Waals surface area contributed by atoms with Gasteiger partial charge in [0.15, 0.2) is 0 Å². The third kappa shape index (κ3) is 1.96. The van der Waals surface area contributed by atoms with Gasteiger partial charge < -0.3 is 0 Å². The van der Waals surface area contributed by atoms with Gasteiger partial charge in [-0.25, -0.2) is 0 Å². The van der Waals surface area contributed by atoms with E-state index in [0.717, 1.165) is 24.8 Å². The molecule has 106 valence electrons. The molecule has 1 aromatic rings. The fourth-order valence-corrected chi connectivity index (χ4v) is 4.12. The van der Waals surface area contributed by atoms with E-state index in [4.69, 9.17) is 0 Å². The fourth-order valence-electron chi connectivity index (χ4n) is 4.12. The fraction of sp³-hybridized carbons (Fsp3) is 0.529. The third-order valence-electron chi connectivity index (χ3n) is 5.26. The molecule has 2 amide bonds. The van der Waals surface area contributed by atoms with Crippen LogP contribution in [0.25, 0.3) is 0 Å². The standard InChI is InChI=1S/C17H21NO2/c1-11-5-7-13(8-6-11)15-16(20)18-14(19)10-17(15)9-3-4-12(17)2/h5-8,12,15H,3-4,9-10H2,1-2H3,(H,18,19,20). The van der Waals surface area contributed by atoms with Gasteiger partial charge in [0.1, 0.15) is 0 Å². The smallest absolute Gasteiger partial charge is 0.234 e. The summed E-state index contributed by atoms with van der Waals surface area (Å²) in [5.74, 6) is 0.0214. The zero-order valence-electron chi connectivity index (χ0n) is 12.1. The molecule has 3 heteroatoms. The number of carbonyl (C=O) groups excluding carboxylic acids is 2. The first-order valence-electron chi connectivity index (χ1n) is 7.43. The summed E-state index contributed by atoms with van der Waals surface area (Å²) in [6.45, 7) is 4.24. The molecule has 20 heavy (non-hydrogen) atoms. The number of hydrogen-bond acceptors (Lipinski definition) is 2. The lowest BCUT2D eigenvalue weighted by Crippen LogP contribution is -2.51. The number of benzene rings is 1. The van der Waals surface area contributed by atoms with Crippen LogP contribution in [0.2, 0.25) is 0 Å². The Balaban J connectivity index is 2.06. The Bertz CT molecular complexity index is 549. The molecule has 3 nitrogen and oxygen atoms in total. The van der Waals surface area contributed by atoms with Gasteiger partial charge in [0.2, 0.25) is 11.8 Å². The zero-order chi connectivity index (χ0) is 14.3. The van der Waals surface area contributed by atoms with E-state index in [0.29, 0.717) is 12.3 Å². The summed E-state index contributed by atoms with van der Waals surface area (Å²) < 4.78 is 0. The second kappa shape index (κ2) is 4.72. The Kier molecular flexibility index (Phi) is 3.15. The molecule has 2 fully saturated rings. The summed E-state index contributed by atoms with van der Waals surface area (Å²) in [7, 11) is 0. The molecule has 1 saturated heterocycles. The van der Waals surface area contributed by atoms with E-state index in [1.54, 1.807) is 0 Å². The second-order valence-corrected chi connectivity index (χ2v) is 6.46. The second-order valence-electron chi connectivity index (χ2n) is 6.46. The van der Waals surface area contributed by atoms with Crippen molar-refractivity contribution in [1.29, 1.82) is 0 Å². The van der Waals surface area contributed by atoms with Gasteiger partial charge in [-0.2, -0.15) is 0 Å². The SMILES string of the molecule is Cc1ccc(C2C(=O)NC(=O)CC23CCCC3C)cc1. The van der Waals surface area contributed by atoms with Crippen LogP contribution in [0.3, 0.4) is 0 Å². The van der Waals surface area contributed by atoms with E-state index < -0.39 is 0 Å². The van der Waals surface area contributed by atoms with Crippen molar-refractivity contribution in [2.45, 2.75) is 45.4 Å². The van der Waals surface area contributed by atoms with Crippen LogP contribution >= 0.6 is 0 Å². The molecule has 1 saturated carbocycles. The number of piperidine rings is 1. The molecule has 3 rings (SSSR count). The van der Waals surface area contributed by atoms with Crippen LogP contribution in [-0.4, -0.2) is 11.8 Å². The first kappa shape index (κ1) is 13.3. The van der Waals surface area contributed by atoms with Crippen LogP contribution in [0.5, 0.6) is 0 Å². The molecule has 1 aromatic carbocycles. The molecule has 2 aliphatic rings. The van der Waals surface area contributed by atoms with Gasteiger partial charge >= 0.3 is 0 Å². The van der Waals surface area contributed by atoms with Crippen molar-refractivity contribution in [2.75, 3.05) is 0 Å². The highest BCUT2D eigenvalue weighted by atomic mass is 16.2. The lowest BCUT2D eigenvalue weighted by atomic mass is 9.62.